The van der Waals surface area contributed by atoms with Gasteiger partial charge >= 0.3 is 0 Å². The van der Waals surface area contributed by atoms with Gasteiger partial charge in [-0.3, -0.25) is 4.79 Å². The minimum Gasteiger partial charge on any atom is -0.351 e. The lowest BCUT2D eigenvalue weighted by atomic mass is 10.2. The van der Waals surface area contributed by atoms with Crippen LogP contribution in [0.25, 0.3) is 0 Å². The van der Waals surface area contributed by atoms with Gasteiger partial charge in [-0.25, -0.2) is 4.68 Å². The van der Waals surface area contributed by atoms with Crippen LogP contribution in [0, 0.1) is 0 Å². The van der Waals surface area contributed by atoms with E-state index in [1.807, 2.05) is 41.9 Å². The molecule has 1 saturated carbocycles. The fourth-order valence-electron chi connectivity index (χ4n) is 1.95. The van der Waals surface area contributed by atoms with E-state index in [9.17, 15) is 4.79 Å². The van der Waals surface area contributed by atoms with Gasteiger partial charge in [0.1, 0.15) is 0 Å². The highest BCUT2D eigenvalue weighted by molar-refractivity contribution is 8.00. The number of hydrogen-bond donors (Lipinski definition) is 1. The summed E-state index contributed by atoms with van der Waals surface area (Å²) in [6.07, 6.45) is 2.24. The first-order chi connectivity index (χ1) is 10.2. The SMILES string of the molecule is C[C@@H](Sc1nnnn1C1CC1)C(=O)NCc1ccccc1. The molecule has 0 aliphatic heterocycles. The monoisotopic (exact) mass is 303 g/mol. The summed E-state index contributed by atoms with van der Waals surface area (Å²) in [5.41, 5.74) is 1.09. The molecular formula is C14H17N5OS. The maximum atomic E-state index is 12.1. The van der Waals surface area contributed by atoms with Crippen LogP contribution in [-0.2, 0) is 11.3 Å². The summed E-state index contributed by atoms with van der Waals surface area (Å²) < 4.78 is 1.83. The highest BCUT2D eigenvalue weighted by Gasteiger charge is 2.29. The van der Waals surface area contributed by atoms with E-state index >= 15 is 0 Å². The minimum absolute atomic E-state index is 0.00537. The van der Waals surface area contributed by atoms with Gasteiger partial charge in [0.05, 0.1) is 11.3 Å². The zero-order valence-corrected chi connectivity index (χ0v) is 12.6. The van der Waals surface area contributed by atoms with Crippen LogP contribution < -0.4 is 5.32 Å². The summed E-state index contributed by atoms with van der Waals surface area (Å²) in [5.74, 6) is -0.00537. The van der Waals surface area contributed by atoms with Gasteiger partial charge in [0.2, 0.25) is 11.1 Å². The normalized spacial score (nSPS) is 15.7. The fraction of sp³-hybridized carbons (Fsp3) is 0.429. The predicted octanol–water partition coefficient (Wildman–Crippen LogP) is 1.80. The second kappa shape index (κ2) is 6.26. The van der Waals surface area contributed by atoms with Crippen molar-refractivity contribution in [2.24, 2.45) is 0 Å². The molecule has 1 amide bonds. The van der Waals surface area contributed by atoms with Crippen LogP contribution in [0.15, 0.2) is 35.5 Å². The molecule has 0 saturated heterocycles. The molecule has 1 fully saturated rings. The van der Waals surface area contributed by atoms with Crippen LogP contribution in [0.1, 0.15) is 31.4 Å². The molecule has 1 atom stereocenters. The second-order valence-corrected chi connectivity index (χ2v) is 6.41. The molecule has 3 rings (SSSR count). The van der Waals surface area contributed by atoms with Gasteiger partial charge in [-0.1, -0.05) is 42.1 Å². The molecule has 1 aliphatic carbocycles. The van der Waals surface area contributed by atoms with Crippen molar-refractivity contribution in [3.8, 4) is 0 Å². The Morgan fingerprint density at radius 2 is 2.19 bits per heavy atom. The van der Waals surface area contributed by atoms with Gasteiger partial charge in [-0.15, -0.1) is 5.10 Å². The van der Waals surface area contributed by atoms with Crippen molar-refractivity contribution in [1.82, 2.24) is 25.5 Å². The van der Waals surface area contributed by atoms with Gasteiger partial charge in [0.25, 0.3) is 0 Å². The average molecular weight is 303 g/mol. The van der Waals surface area contributed by atoms with Gasteiger partial charge in [-0.05, 0) is 35.8 Å². The zero-order valence-electron chi connectivity index (χ0n) is 11.8. The molecule has 0 radical (unpaired) electrons. The van der Waals surface area contributed by atoms with Crippen LogP contribution in [0.4, 0.5) is 0 Å². The lowest BCUT2D eigenvalue weighted by Gasteiger charge is -2.11. The van der Waals surface area contributed by atoms with Crippen molar-refractivity contribution in [3.05, 3.63) is 35.9 Å². The minimum atomic E-state index is -0.225. The molecule has 110 valence electrons. The van der Waals surface area contributed by atoms with Crippen molar-refractivity contribution in [2.75, 3.05) is 0 Å². The summed E-state index contributed by atoms with van der Waals surface area (Å²) in [5, 5.41) is 15.1. The Labute approximate surface area is 127 Å². The number of carbonyl (C=O) groups is 1. The van der Waals surface area contributed by atoms with E-state index < -0.39 is 0 Å². The molecule has 0 unspecified atom stereocenters. The Bertz CT molecular complexity index is 611. The first-order valence-electron chi connectivity index (χ1n) is 7.00. The number of benzene rings is 1. The van der Waals surface area contributed by atoms with Crippen LogP contribution in [0.3, 0.4) is 0 Å². The van der Waals surface area contributed by atoms with E-state index in [1.165, 1.54) is 11.8 Å². The van der Waals surface area contributed by atoms with Crippen LogP contribution in [0.2, 0.25) is 0 Å². The number of nitrogens with zero attached hydrogens (tertiary/aromatic N) is 4. The number of tetrazole rings is 1. The standard InChI is InChI=1S/C14H17N5OS/c1-10(13(20)15-9-11-5-3-2-4-6-11)21-14-16-17-18-19(14)12-7-8-12/h2-6,10,12H,7-9H2,1H3,(H,15,20)/t10-/m1/s1. The van der Waals surface area contributed by atoms with Crippen molar-refractivity contribution in [2.45, 2.75) is 42.8 Å². The van der Waals surface area contributed by atoms with Gasteiger partial charge in [-0.2, -0.15) is 0 Å². The number of hydrogen-bond acceptors (Lipinski definition) is 5. The Hall–Kier alpha value is -1.89. The van der Waals surface area contributed by atoms with Crippen molar-refractivity contribution in [3.63, 3.8) is 0 Å². The average Bonchev–Trinajstić information content (AvgIpc) is 3.26. The summed E-state index contributed by atoms with van der Waals surface area (Å²) in [6, 6.07) is 10.3. The highest BCUT2D eigenvalue weighted by Crippen LogP contribution is 2.37. The second-order valence-electron chi connectivity index (χ2n) is 5.10. The predicted molar refractivity (Wildman–Crippen MR) is 79.7 cm³/mol. The zero-order chi connectivity index (χ0) is 14.7. The molecule has 1 N–H and O–H groups in total. The molecular weight excluding hydrogens is 286 g/mol. The largest absolute Gasteiger partial charge is 0.351 e. The number of aromatic nitrogens is 4. The third-order valence-electron chi connectivity index (χ3n) is 3.32. The molecule has 0 bridgehead atoms. The number of thioether (sulfide) groups is 1. The van der Waals surface area contributed by atoms with E-state index in [2.05, 4.69) is 20.8 Å². The first kappa shape index (κ1) is 14.1. The molecule has 21 heavy (non-hydrogen) atoms. The first-order valence-corrected chi connectivity index (χ1v) is 7.88. The third kappa shape index (κ3) is 3.60. The van der Waals surface area contributed by atoms with E-state index in [-0.39, 0.29) is 11.2 Å². The van der Waals surface area contributed by atoms with Gasteiger partial charge in [0, 0.05) is 6.54 Å². The van der Waals surface area contributed by atoms with E-state index in [0.717, 1.165) is 23.6 Å². The Balaban J connectivity index is 1.53. The number of rotatable bonds is 6. The number of nitrogens with one attached hydrogen (secondary N) is 1. The molecule has 1 aliphatic rings. The molecule has 7 heteroatoms. The van der Waals surface area contributed by atoms with E-state index in [0.29, 0.717) is 12.6 Å². The van der Waals surface area contributed by atoms with E-state index in [1.54, 1.807) is 0 Å². The topological polar surface area (TPSA) is 72.7 Å². The maximum absolute atomic E-state index is 12.1. The summed E-state index contributed by atoms with van der Waals surface area (Å²) in [4.78, 5) is 12.1. The highest BCUT2D eigenvalue weighted by atomic mass is 32.2. The number of amides is 1. The van der Waals surface area contributed by atoms with Crippen molar-refractivity contribution < 1.29 is 4.79 Å². The molecule has 1 heterocycles. The summed E-state index contributed by atoms with van der Waals surface area (Å²) in [6.45, 7) is 2.41. The van der Waals surface area contributed by atoms with Crippen molar-refractivity contribution >= 4 is 17.7 Å². The third-order valence-corrected chi connectivity index (χ3v) is 4.36. The molecule has 2 aromatic rings. The van der Waals surface area contributed by atoms with Crippen LogP contribution in [-0.4, -0.2) is 31.4 Å². The lowest BCUT2D eigenvalue weighted by Crippen LogP contribution is -2.30. The Morgan fingerprint density at radius 1 is 1.43 bits per heavy atom. The molecule has 0 spiro atoms. The number of carbonyl (C=O) groups excluding carboxylic acids is 1. The van der Waals surface area contributed by atoms with Crippen LogP contribution >= 0.6 is 11.8 Å². The van der Waals surface area contributed by atoms with Crippen LogP contribution in [0.5, 0.6) is 0 Å². The lowest BCUT2D eigenvalue weighted by molar-refractivity contribution is -0.120. The Kier molecular flexibility index (Phi) is 4.19. The van der Waals surface area contributed by atoms with Gasteiger partial charge in [0.15, 0.2) is 0 Å². The molecule has 6 nitrogen and oxygen atoms in total. The van der Waals surface area contributed by atoms with Crippen molar-refractivity contribution in [1.29, 1.82) is 0 Å². The molecule has 1 aromatic heterocycles. The quantitative estimate of drug-likeness (QED) is 0.824. The fourth-order valence-corrected chi connectivity index (χ4v) is 2.84. The smallest absolute Gasteiger partial charge is 0.233 e. The van der Waals surface area contributed by atoms with Gasteiger partial charge < -0.3 is 5.32 Å². The Morgan fingerprint density at radius 3 is 2.90 bits per heavy atom. The molecule has 1 aromatic carbocycles. The maximum Gasteiger partial charge on any atom is 0.233 e. The van der Waals surface area contributed by atoms with E-state index in [4.69, 9.17) is 0 Å². The summed E-state index contributed by atoms with van der Waals surface area (Å²) in [7, 11) is 0. The summed E-state index contributed by atoms with van der Waals surface area (Å²) >= 11 is 1.40.